The van der Waals surface area contributed by atoms with E-state index in [9.17, 15) is 4.79 Å². The fraction of sp³-hybridized carbons (Fsp3) is 0.250. The number of nitrogens with zero attached hydrogens (tertiary/aromatic N) is 1. The van der Waals surface area contributed by atoms with Gasteiger partial charge in [-0.1, -0.05) is 60.7 Å². The highest BCUT2D eigenvalue weighted by Gasteiger charge is 2.18. The molecule has 0 saturated carbocycles. The van der Waals surface area contributed by atoms with Crippen LogP contribution >= 0.6 is 0 Å². The molecule has 0 fully saturated rings. The second-order valence-corrected chi connectivity index (χ2v) is 6.83. The van der Waals surface area contributed by atoms with E-state index in [2.05, 4.69) is 39.9 Å². The van der Waals surface area contributed by atoms with E-state index in [1.165, 1.54) is 0 Å². The molecule has 0 aliphatic heterocycles. The summed E-state index contributed by atoms with van der Waals surface area (Å²) in [6.07, 6.45) is 2.96. The molecular formula is C24H27N3O2. The summed E-state index contributed by atoms with van der Waals surface area (Å²) in [6, 6.07) is 24.0. The molecule has 5 heteroatoms. The molecule has 1 amide bonds. The second-order valence-electron chi connectivity index (χ2n) is 6.83. The van der Waals surface area contributed by atoms with Crippen LogP contribution in [0.25, 0.3) is 0 Å². The van der Waals surface area contributed by atoms with Crippen LogP contribution < -0.4 is 10.6 Å². The zero-order chi connectivity index (χ0) is 20.3. The first-order valence-electron chi connectivity index (χ1n) is 9.85. The molecule has 2 N–H and O–H groups in total. The molecule has 1 heterocycles. The van der Waals surface area contributed by atoms with Crippen LogP contribution in [0, 0.1) is 0 Å². The Hall–Kier alpha value is -3.18. The van der Waals surface area contributed by atoms with Gasteiger partial charge in [-0.25, -0.2) is 4.98 Å². The SMILES string of the molecule is COCCCNc1ccc(NC(=O)CC(c2ccccc2)c2ccccc2)cn1. The van der Waals surface area contributed by atoms with Gasteiger partial charge in [0.1, 0.15) is 5.82 Å². The molecule has 1 aromatic heterocycles. The first-order valence-corrected chi connectivity index (χ1v) is 9.85. The van der Waals surface area contributed by atoms with E-state index >= 15 is 0 Å². The van der Waals surface area contributed by atoms with Gasteiger partial charge >= 0.3 is 0 Å². The minimum atomic E-state index is -0.0368. The maximum absolute atomic E-state index is 12.7. The van der Waals surface area contributed by atoms with Crippen molar-refractivity contribution in [2.45, 2.75) is 18.8 Å². The molecule has 0 radical (unpaired) electrons. The Morgan fingerprint density at radius 3 is 2.17 bits per heavy atom. The highest BCUT2D eigenvalue weighted by Crippen LogP contribution is 2.28. The number of benzene rings is 2. The number of aromatic nitrogens is 1. The summed E-state index contributed by atoms with van der Waals surface area (Å²) in [5.74, 6) is 0.753. The van der Waals surface area contributed by atoms with Gasteiger partial charge in [-0.2, -0.15) is 0 Å². The first kappa shape index (κ1) is 20.6. The molecule has 0 bridgehead atoms. The molecule has 0 unspecified atom stereocenters. The summed E-state index contributed by atoms with van der Waals surface area (Å²) < 4.78 is 5.03. The maximum atomic E-state index is 12.7. The van der Waals surface area contributed by atoms with Gasteiger partial charge in [0, 0.05) is 32.6 Å². The van der Waals surface area contributed by atoms with Crippen LogP contribution in [0.1, 0.15) is 29.9 Å². The van der Waals surface area contributed by atoms with Crippen LogP contribution in [-0.4, -0.2) is 31.2 Å². The van der Waals surface area contributed by atoms with Gasteiger partial charge < -0.3 is 15.4 Å². The Balaban J connectivity index is 1.62. The van der Waals surface area contributed by atoms with Crippen molar-refractivity contribution in [2.24, 2.45) is 0 Å². The third-order valence-corrected chi connectivity index (χ3v) is 4.67. The van der Waals surface area contributed by atoms with E-state index in [1.807, 2.05) is 48.5 Å². The predicted molar refractivity (Wildman–Crippen MR) is 117 cm³/mol. The van der Waals surface area contributed by atoms with Gasteiger partial charge in [-0.3, -0.25) is 4.79 Å². The summed E-state index contributed by atoms with van der Waals surface area (Å²) in [5, 5.41) is 6.20. The lowest BCUT2D eigenvalue weighted by atomic mass is 9.88. The van der Waals surface area contributed by atoms with Crippen LogP contribution in [0.5, 0.6) is 0 Å². The molecule has 0 aliphatic rings. The minimum absolute atomic E-state index is 0.00656. The van der Waals surface area contributed by atoms with Crippen molar-refractivity contribution in [2.75, 3.05) is 30.9 Å². The number of ether oxygens (including phenoxy) is 1. The van der Waals surface area contributed by atoms with Crippen molar-refractivity contribution in [3.05, 3.63) is 90.1 Å². The number of carbonyl (C=O) groups excluding carboxylic acids is 1. The molecule has 29 heavy (non-hydrogen) atoms. The second kappa shape index (κ2) is 11.0. The van der Waals surface area contributed by atoms with Crippen LogP contribution in [0.4, 0.5) is 11.5 Å². The van der Waals surface area contributed by atoms with Gasteiger partial charge in [0.15, 0.2) is 0 Å². The fourth-order valence-corrected chi connectivity index (χ4v) is 3.20. The smallest absolute Gasteiger partial charge is 0.225 e. The Kier molecular flexibility index (Phi) is 7.78. The number of carbonyl (C=O) groups is 1. The number of hydrogen-bond acceptors (Lipinski definition) is 4. The fourth-order valence-electron chi connectivity index (χ4n) is 3.20. The molecule has 5 nitrogen and oxygen atoms in total. The third kappa shape index (κ3) is 6.43. The first-order chi connectivity index (χ1) is 14.3. The summed E-state index contributed by atoms with van der Waals surface area (Å²) in [5.41, 5.74) is 2.95. The van der Waals surface area contributed by atoms with Gasteiger partial charge in [0.05, 0.1) is 11.9 Å². The number of methoxy groups -OCH3 is 1. The average molecular weight is 389 g/mol. The average Bonchev–Trinajstić information content (AvgIpc) is 2.77. The molecule has 0 spiro atoms. The van der Waals surface area contributed by atoms with Crippen molar-refractivity contribution >= 4 is 17.4 Å². The van der Waals surface area contributed by atoms with Crippen LogP contribution in [0.2, 0.25) is 0 Å². The van der Waals surface area contributed by atoms with Crippen LogP contribution in [0.3, 0.4) is 0 Å². The van der Waals surface area contributed by atoms with Crippen LogP contribution in [-0.2, 0) is 9.53 Å². The standard InChI is InChI=1S/C24H27N3O2/c1-29-16-8-15-25-23-14-13-21(18-26-23)27-24(28)17-22(19-9-4-2-5-10-19)20-11-6-3-7-12-20/h2-7,9-14,18,22H,8,15-17H2,1H3,(H,25,26)(H,27,28). The van der Waals surface area contributed by atoms with Gasteiger partial charge in [-0.05, 0) is 29.7 Å². The molecule has 3 aromatic rings. The van der Waals surface area contributed by atoms with E-state index in [0.29, 0.717) is 18.7 Å². The summed E-state index contributed by atoms with van der Waals surface area (Å²) in [4.78, 5) is 17.1. The lowest BCUT2D eigenvalue weighted by Gasteiger charge is -2.18. The maximum Gasteiger partial charge on any atom is 0.225 e. The zero-order valence-electron chi connectivity index (χ0n) is 16.7. The van der Waals surface area contributed by atoms with Crippen molar-refractivity contribution in [1.82, 2.24) is 4.98 Å². The highest BCUT2D eigenvalue weighted by molar-refractivity contribution is 5.91. The Labute approximate surface area is 172 Å². The van der Waals surface area contributed by atoms with Gasteiger partial charge in [-0.15, -0.1) is 0 Å². The molecule has 0 atom stereocenters. The molecule has 0 saturated heterocycles. The third-order valence-electron chi connectivity index (χ3n) is 4.67. The number of anilines is 2. The normalized spacial score (nSPS) is 10.7. The summed E-state index contributed by atoms with van der Waals surface area (Å²) in [6.45, 7) is 1.51. The van der Waals surface area contributed by atoms with Crippen molar-refractivity contribution in [1.29, 1.82) is 0 Å². The lowest BCUT2D eigenvalue weighted by molar-refractivity contribution is -0.116. The molecule has 150 valence electrons. The number of nitrogens with one attached hydrogen (secondary N) is 2. The van der Waals surface area contributed by atoms with Crippen molar-refractivity contribution < 1.29 is 9.53 Å². The summed E-state index contributed by atoms with van der Waals surface area (Å²) >= 11 is 0. The Bertz CT molecular complexity index is 828. The van der Waals surface area contributed by atoms with E-state index < -0.39 is 0 Å². The predicted octanol–water partition coefficient (Wildman–Crippen LogP) is 4.69. The molecule has 2 aromatic carbocycles. The molecule has 0 aliphatic carbocycles. The van der Waals surface area contributed by atoms with Crippen molar-refractivity contribution in [3.8, 4) is 0 Å². The van der Waals surface area contributed by atoms with Gasteiger partial charge in [0.25, 0.3) is 0 Å². The Morgan fingerprint density at radius 2 is 1.62 bits per heavy atom. The largest absolute Gasteiger partial charge is 0.385 e. The minimum Gasteiger partial charge on any atom is -0.385 e. The topological polar surface area (TPSA) is 63.2 Å². The van der Waals surface area contributed by atoms with E-state index in [1.54, 1.807) is 13.3 Å². The molecular weight excluding hydrogens is 362 g/mol. The highest BCUT2D eigenvalue weighted by atomic mass is 16.5. The van der Waals surface area contributed by atoms with E-state index in [-0.39, 0.29) is 11.8 Å². The number of hydrogen-bond donors (Lipinski definition) is 2. The summed E-state index contributed by atoms with van der Waals surface area (Å²) in [7, 11) is 1.69. The number of pyridine rings is 1. The molecule has 3 rings (SSSR count). The van der Waals surface area contributed by atoms with E-state index in [0.717, 1.165) is 29.9 Å². The van der Waals surface area contributed by atoms with E-state index in [4.69, 9.17) is 4.74 Å². The Morgan fingerprint density at radius 1 is 0.966 bits per heavy atom. The lowest BCUT2D eigenvalue weighted by Crippen LogP contribution is -2.16. The number of rotatable bonds is 10. The number of amides is 1. The van der Waals surface area contributed by atoms with Crippen LogP contribution in [0.15, 0.2) is 79.0 Å². The quantitative estimate of drug-likeness (QED) is 0.494. The van der Waals surface area contributed by atoms with Gasteiger partial charge in [0.2, 0.25) is 5.91 Å². The van der Waals surface area contributed by atoms with Crippen molar-refractivity contribution in [3.63, 3.8) is 0 Å². The zero-order valence-corrected chi connectivity index (χ0v) is 16.7. The monoisotopic (exact) mass is 389 g/mol.